The predicted molar refractivity (Wildman–Crippen MR) is 67.3 cm³/mol. The lowest BCUT2D eigenvalue weighted by atomic mass is 9.98. The fourth-order valence-corrected chi connectivity index (χ4v) is 2.83. The van der Waals surface area contributed by atoms with E-state index in [2.05, 4.69) is 30.7 Å². The lowest BCUT2D eigenvalue weighted by Gasteiger charge is -2.13. The van der Waals surface area contributed by atoms with Gasteiger partial charge in [-0.1, -0.05) is 20.8 Å². The van der Waals surface area contributed by atoms with E-state index in [0.29, 0.717) is 4.88 Å². The van der Waals surface area contributed by atoms with E-state index in [0.717, 1.165) is 22.0 Å². The van der Waals surface area contributed by atoms with Gasteiger partial charge < -0.3 is 0 Å². The molecule has 3 nitrogen and oxygen atoms in total. The molecule has 2 aromatic heterocycles. The molecule has 0 aliphatic carbocycles. The van der Waals surface area contributed by atoms with Gasteiger partial charge in [-0.3, -0.25) is 4.79 Å². The number of hydrogen-bond acceptors (Lipinski definition) is 5. The molecular weight excluding hydrogens is 240 g/mol. The van der Waals surface area contributed by atoms with E-state index in [1.165, 1.54) is 11.3 Å². The van der Waals surface area contributed by atoms with Crippen LogP contribution in [-0.4, -0.2) is 16.3 Å². The SMILES string of the molecule is CC(C)(C)c1nc(-c2ncc(C=O)s2)cs1. The molecule has 0 radical (unpaired) electrons. The molecule has 0 aliphatic heterocycles. The van der Waals surface area contributed by atoms with Gasteiger partial charge in [-0.2, -0.15) is 0 Å². The van der Waals surface area contributed by atoms with Crippen molar-refractivity contribution in [1.82, 2.24) is 9.97 Å². The first-order chi connectivity index (χ1) is 7.50. The van der Waals surface area contributed by atoms with Gasteiger partial charge in [-0.15, -0.1) is 22.7 Å². The molecule has 2 aromatic rings. The first-order valence-electron chi connectivity index (χ1n) is 4.88. The second-order valence-corrected chi connectivity index (χ2v) is 6.39. The average molecular weight is 252 g/mol. The Bertz CT molecular complexity index is 508. The van der Waals surface area contributed by atoms with E-state index in [9.17, 15) is 4.79 Å². The predicted octanol–water partition coefficient (Wildman–Crippen LogP) is 3.38. The second kappa shape index (κ2) is 4.07. The van der Waals surface area contributed by atoms with Crippen molar-refractivity contribution in [3.63, 3.8) is 0 Å². The zero-order valence-electron chi connectivity index (χ0n) is 9.35. The van der Waals surface area contributed by atoms with E-state index in [-0.39, 0.29) is 5.41 Å². The summed E-state index contributed by atoms with van der Waals surface area (Å²) in [5, 5.41) is 3.90. The van der Waals surface area contributed by atoms with Crippen molar-refractivity contribution in [2.45, 2.75) is 26.2 Å². The summed E-state index contributed by atoms with van der Waals surface area (Å²) >= 11 is 3.01. The van der Waals surface area contributed by atoms with Gasteiger partial charge >= 0.3 is 0 Å². The number of thiazole rings is 2. The van der Waals surface area contributed by atoms with Gasteiger partial charge in [0.2, 0.25) is 0 Å². The summed E-state index contributed by atoms with van der Waals surface area (Å²) in [6.07, 6.45) is 2.40. The average Bonchev–Trinajstić information content (AvgIpc) is 2.85. The molecule has 0 fully saturated rings. The van der Waals surface area contributed by atoms with Crippen molar-refractivity contribution in [2.75, 3.05) is 0 Å². The summed E-state index contributed by atoms with van der Waals surface area (Å²) in [7, 11) is 0. The van der Waals surface area contributed by atoms with Crippen LogP contribution in [0.3, 0.4) is 0 Å². The lowest BCUT2D eigenvalue weighted by Crippen LogP contribution is -2.10. The van der Waals surface area contributed by atoms with E-state index >= 15 is 0 Å². The van der Waals surface area contributed by atoms with E-state index in [1.807, 2.05) is 5.38 Å². The minimum atomic E-state index is 0.0632. The molecule has 0 aromatic carbocycles. The van der Waals surface area contributed by atoms with Gasteiger partial charge in [-0.05, 0) is 0 Å². The van der Waals surface area contributed by atoms with Gasteiger partial charge in [0, 0.05) is 17.0 Å². The summed E-state index contributed by atoms with van der Waals surface area (Å²) in [4.78, 5) is 19.9. The number of carbonyl (C=O) groups is 1. The molecule has 84 valence electrons. The third-order valence-electron chi connectivity index (χ3n) is 2.00. The van der Waals surface area contributed by atoms with Gasteiger partial charge in [0.25, 0.3) is 0 Å². The van der Waals surface area contributed by atoms with Crippen LogP contribution in [0.25, 0.3) is 10.7 Å². The maximum Gasteiger partial charge on any atom is 0.161 e. The first kappa shape index (κ1) is 11.4. The summed E-state index contributed by atoms with van der Waals surface area (Å²) in [6.45, 7) is 6.40. The van der Waals surface area contributed by atoms with Crippen LogP contribution < -0.4 is 0 Å². The lowest BCUT2D eigenvalue weighted by molar-refractivity contribution is 0.112. The normalized spacial score (nSPS) is 11.7. The third-order valence-corrected chi connectivity index (χ3v) is 4.22. The Morgan fingerprint density at radius 3 is 2.62 bits per heavy atom. The molecule has 2 heterocycles. The van der Waals surface area contributed by atoms with Crippen LogP contribution in [-0.2, 0) is 5.41 Å². The molecule has 16 heavy (non-hydrogen) atoms. The molecule has 0 N–H and O–H groups in total. The molecule has 0 unspecified atom stereocenters. The van der Waals surface area contributed by atoms with Crippen molar-refractivity contribution < 1.29 is 4.79 Å². The van der Waals surface area contributed by atoms with E-state index < -0.39 is 0 Å². The number of rotatable bonds is 2. The van der Waals surface area contributed by atoms with Crippen LogP contribution in [0.2, 0.25) is 0 Å². The molecule has 0 spiro atoms. The Balaban J connectivity index is 2.35. The maximum atomic E-state index is 10.6. The standard InChI is InChI=1S/C11H12N2OS2/c1-11(2,3)10-13-8(6-15-10)9-12-4-7(5-14)16-9/h4-6H,1-3H3. The molecule has 0 aliphatic rings. The minimum absolute atomic E-state index is 0.0632. The van der Waals surface area contributed by atoms with Crippen molar-refractivity contribution in [1.29, 1.82) is 0 Å². The van der Waals surface area contributed by atoms with Crippen molar-refractivity contribution in [3.8, 4) is 10.7 Å². The van der Waals surface area contributed by atoms with Crippen LogP contribution in [0.1, 0.15) is 35.5 Å². The Kier molecular flexibility index (Phi) is 2.90. The summed E-state index contributed by atoms with van der Waals surface area (Å²) in [5.74, 6) is 0. The summed E-state index contributed by atoms with van der Waals surface area (Å²) < 4.78 is 0. The molecule has 2 rings (SSSR count). The molecule has 0 bridgehead atoms. The number of aromatic nitrogens is 2. The van der Waals surface area contributed by atoms with Gasteiger partial charge in [0.1, 0.15) is 10.7 Å². The Morgan fingerprint density at radius 1 is 1.38 bits per heavy atom. The van der Waals surface area contributed by atoms with Crippen LogP contribution in [0.4, 0.5) is 0 Å². The number of aldehydes is 1. The molecule has 0 amide bonds. The molecule has 0 saturated carbocycles. The Morgan fingerprint density at radius 2 is 2.12 bits per heavy atom. The van der Waals surface area contributed by atoms with Crippen molar-refractivity contribution in [3.05, 3.63) is 21.5 Å². The van der Waals surface area contributed by atoms with Crippen LogP contribution in [0.5, 0.6) is 0 Å². The van der Waals surface area contributed by atoms with E-state index in [1.54, 1.807) is 17.5 Å². The summed E-state index contributed by atoms with van der Waals surface area (Å²) in [6, 6.07) is 0. The van der Waals surface area contributed by atoms with Crippen molar-refractivity contribution >= 4 is 29.0 Å². The Hall–Kier alpha value is -1.07. The van der Waals surface area contributed by atoms with Gasteiger partial charge in [0.05, 0.1) is 9.88 Å². The number of carbonyl (C=O) groups excluding carboxylic acids is 1. The second-order valence-electron chi connectivity index (χ2n) is 4.47. The summed E-state index contributed by atoms with van der Waals surface area (Å²) in [5.41, 5.74) is 0.932. The fraction of sp³-hybridized carbons (Fsp3) is 0.364. The van der Waals surface area contributed by atoms with Crippen LogP contribution in [0, 0.1) is 0 Å². The van der Waals surface area contributed by atoms with Gasteiger partial charge in [0.15, 0.2) is 6.29 Å². The van der Waals surface area contributed by atoms with E-state index in [4.69, 9.17) is 0 Å². The maximum absolute atomic E-state index is 10.6. The number of hydrogen-bond donors (Lipinski definition) is 0. The highest BCUT2D eigenvalue weighted by Gasteiger charge is 2.19. The highest BCUT2D eigenvalue weighted by Crippen LogP contribution is 2.31. The first-order valence-corrected chi connectivity index (χ1v) is 6.57. The minimum Gasteiger partial charge on any atom is -0.297 e. The Labute approximate surface area is 102 Å². The fourth-order valence-electron chi connectivity index (χ4n) is 1.18. The zero-order chi connectivity index (χ0) is 11.8. The molecule has 0 atom stereocenters. The third kappa shape index (κ3) is 2.20. The van der Waals surface area contributed by atoms with Crippen LogP contribution >= 0.6 is 22.7 Å². The molecule has 5 heteroatoms. The largest absolute Gasteiger partial charge is 0.297 e. The highest BCUT2D eigenvalue weighted by molar-refractivity contribution is 7.17. The smallest absolute Gasteiger partial charge is 0.161 e. The number of nitrogens with zero attached hydrogens (tertiary/aromatic N) is 2. The van der Waals surface area contributed by atoms with Gasteiger partial charge in [-0.25, -0.2) is 9.97 Å². The molecule has 0 saturated heterocycles. The quantitative estimate of drug-likeness (QED) is 0.769. The monoisotopic (exact) mass is 252 g/mol. The molecular formula is C11H12N2OS2. The topological polar surface area (TPSA) is 42.9 Å². The van der Waals surface area contributed by atoms with Crippen molar-refractivity contribution in [2.24, 2.45) is 0 Å². The van der Waals surface area contributed by atoms with Crippen LogP contribution in [0.15, 0.2) is 11.6 Å². The highest BCUT2D eigenvalue weighted by atomic mass is 32.1. The zero-order valence-corrected chi connectivity index (χ0v) is 11.0.